The Morgan fingerprint density at radius 1 is 1.50 bits per heavy atom. The van der Waals surface area contributed by atoms with Crippen LogP contribution in [0.4, 0.5) is 11.4 Å². The Balaban J connectivity index is 2.98. The van der Waals surface area contributed by atoms with Crippen molar-refractivity contribution in [2.75, 3.05) is 11.9 Å². The Hall–Kier alpha value is -1.33. The van der Waals surface area contributed by atoms with E-state index in [1.807, 2.05) is 13.8 Å². The maximum absolute atomic E-state index is 10.7. The number of halogens is 1. The zero-order valence-corrected chi connectivity index (χ0v) is 11.4. The SMILES string of the molecule is Cc1cc([N+](=O)[O-])c(Cl)cc1NC(C)C(C)CO. The van der Waals surface area contributed by atoms with Gasteiger partial charge in [0.15, 0.2) is 0 Å². The molecule has 6 heteroatoms. The lowest BCUT2D eigenvalue weighted by molar-refractivity contribution is -0.384. The van der Waals surface area contributed by atoms with Crippen LogP contribution in [0.3, 0.4) is 0 Å². The molecular weight excluding hydrogens is 256 g/mol. The third-order valence-electron chi connectivity index (χ3n) is 3.02. The second kappa shape index (κ2) is 6.02. The summed E-state index contributed by atoms with van der Waals surface area (Å²) in [7, 11) is 0. The lowest BCUT2D eigenvalue weighted by Crippen LogP contribution is -2.26. The molecule has 18 heavy (non-hydrogen) atoms. The van der Waals surface area contributed by atoms with Crippen LogP contribution in [0.2, 0.25) is 5.02 Å². The number of nitrogens with zero attached hydrogens (tertiary/aromatic N) is 1. The average molecular weight is 273 g/mol. The monoisotopic (exact) mass is 272 g/mol. The number of aliphatic hydroxyl groups excluding tert-OH is 1. The molecular formula is C12H17ClN2O3. The first-order valence-electron chi connectivity index (χ1n) is 5.68. The topological polar surface area (TPSA) is 75.4 Å². The molecule has 0 fully saturated rings. The number of hydrogen-bond acceptors (Lipinski definition) is 4. The Morgan fingerprint density at radius 2 is 2.11 bits per heavy atom. The third kappa shape index (κ3) is 3.34. The summed E-state index contributed by atoms with van der Waals surface area (Å²) in [5, 5.41) is 23.1. The van der Waals surface area contributed by atoms with Gasteiger partial charge in [-0.3, -0.25) is 10.1 Å². The fourth-order valence-corrected chi connectivity index (χ4v) is 1.74. The van der Waals surface area contributed by atoms with Crippen LogP contribution in [-0.4, -0.2) is 22.7 Å². The quantitative estimate of drug-likeness (QED) is 0.638. The molecule has 0 aromatic heterocycles. The molecule has 0 spiro atoms. The molecule has 5 nitrogen and oxygen atoms in total. The molecule has 0 aliphatic rings. The second-order valence-corrected chi connectivity index (χ2v) is 4.88. The first-order chi connectivity index (χ1) is 8.36. The predicted octanol–water partition coefficient (Wildman–Crippen LogP) is 2.99. The molecule has 1 rings (SSSR count). The van der Waals surface area contributed by atoms with Gasteiger partial charge in [0.2, 0.25) is 0 Å². The lowest BCUT2D eigenvalue weighted by atomic mass is 10.0. The Labute approximate surface area is 111 Å². The summed E-state index contributed by atoms with van der Waals surface area (Å²) in [6, 6.07) is 3.04. The van der Waals surface area contributed by atoms with Crippen molar-refractivity contribution in [3.8, 4) is 0 Å². The van der Waals surface area contributed by atoms with Gasteiger partial charge in [-0.15, -0.1) is 0 Å². The fourth-order valence-electron chi connectivity index (χ4n) is 1.51. The molecule has 1 aromatic carbocycles. The van der Waals surface area contributed by atoms with E-state index in [4.69, 9.17) is 16.7 Å². The van der Waals surface area contributed by atoms with Gasteiger partial charge in [-0.2, -0.15) is 0 Å². The molecule has 0 bridgehead atoms. The van der Waals surface area contributed by atoms with Crippen molar-refractivity contribution in [3.63, 3.8) is 0 Å². The van der Waals surface area contributed by atoms with Gasteiger partial charge in [0.1, 0.15) is 5.02 Å². The van der Waals surface area contributed by atoms with Crippen LogP contribution < -0.4 is 5.32 Å². The minimum absolute atomic E-state index is 0.0474. The minimum atomic E-state index is -0.501. The van der Waals surface area contributed by atoms with E-state index < -0.39 is 4.92 Å². The third-order valence-corrected chi connectivity index (χ3v) is 3.32. The van der Waals surface area contributed by atoms with E-state index in [0.29, 0.717) is 0 Å². The highest BCUT2D eigenvalue weighted by Crippen LogP contribution is 2.31. The molecule has 0 amide bonds. The van der Waals surface area contributed by atoms with Gasteiger partial charge in [0.25, 0.3) is 5.69 Å². The Morgan fingerprint density at radius 3 is 2.61 bits per heavy atom. The summed E-state index contributed by atoms with van der Waals surface area (Å²) in [5.41, 5.74) is 1.41. The molecule has 0 saturated carbocycles. The highest BCUT2D eigenvalue weighted by Gasteiger charge is 2.17. The molecule has 2 atom stereocenters. The predicted molar refractivity (Wildman–Crippen MR) is 72.2 cm³/mol. The van der Waals surface area contributed by atoms with E-state index in [1.165, 1.54) is 6.07 Å². The molecule has 1 aromatic rings. The van der Waals surface area contributed by atoms with Gasteiger partial charge in [-0.1, -0.05) is 18.5 Å². The van der Waals surface area contributed by atoms with Gasteiger partial charge < -0.3 is 10.4 Å². The van der Waals surface area contributed by atoms with Gasteiger partial charge in [0, 0.05) is 24.4 Å². The van der Waals surface area contributed by atoms with E-state index in [9.17, 15) is 10.1 Å². The van der Waals surface area contributed by atoms with Crippen molar-refractivity contribution in [2.24, 2.45) is 5.92 Å². The molecule has 0 saturated heterocycles. The molecule has 0 aliphatic heterocycles. The van der Waals surface area contributed by atoms with Crippen molar-refractivity contribution in [3.05, 3.63) is 32.8 Å². The number of hydrogen-bond donors (Lipinski definition) is 2. The molecule has 2 N–H and O–H groups in total. The van der Waals surface area contributed by atoms with Crippen LogP contribution in [0.25, 0.3) is 0 Å². The van der Waals surface area contributed by atoms with Crippen LogP contribution in [-0.2, 0) is 0 Å². The number of aryl methyl sites for hydroxylation is 1. The number of rotatable bonds is 5. The van der Waals surface area contributed by atoms with E-state index in [-0.39, 0.29) is 29.3 Å². The maximum atomic E-state index is 10.7. The van der Waals surface area contributed by atoms with Crippen LogP contribution in [0.15, 0.2) is 12.1 Å². The summed E-state index contributed by atoms with van der Waals surface area (Å²) in [5.74, 6) is 0.0818. The largest absolute Gasteiger partial charge is 0.396 e. The van der Waals surface area contributed by atoms with Crippen molar-refractivity contribution < 1.29 is 10.0 Å². The average Bonchev–Trinajstić information content (AvgIpc) is 2.31. The van der Waals surface area contributed by atoms with E-state index >= 15 is 0 Å². The van der Waals surface area contributed by atoms with Crippen molar-refractivity contribution in [1.82, 2.24) is 0 Å². The van der Waals surface area contributed by atoms with E-state index in [2.05, 4.69) is 5.32 Å². The Kier molecular flexibility index (Phi) is 4.93. The number of aliphatic hydroxyl groups is 1. The number of nitro groups is 1. The first kappa shape index (κ1) is 14.7. The van der Waals surface area contributed by atoms with Crippen LogP contribution in [0.5, 0.6) is 0 Å². The van der Waals surface area contributed by atoms with E-state index in [0.717, 1.165) is 11.3 Å². The maximum Gasteiger partial charge on any atom is 0.288 e. The van der Waals surface area contributed by atoms with Crippen LogP contribution in [0.1, 0.15) is 19.4 Å². The highest BCUT2D eigenvalue weighted by molar-refractivity contribution is 6.33. The normalized spacial score (nSPS) is 14.1. The van der Waals surface area contributed by atoms with Gasteiger partial charge in [0.05, 0.1) is 4.92 Å². The number of benzene rings is 1. The summed E-state index contributed by atoms with van der Waals surface area (Å²) < 4.78 is 0. The molecule has 0 aliphatic carbocycles. The van der Waals surface area contributed by atoms with Crippen molar-refractivity contribution in [1.29, 1.82) is 0 Å². The lowest BCUT2D eigenvalue weighted by Gasteiger charge is -2.21. The van der Waals surface area contributed by atoms with Gasteiger partial charge in [-0.05, 0) is 31.4 Å². The summed E-state index contributed by atoms with van der Waals surface area (Å²) in [4.78, 5) is 10.2. The molecule has 100 valence electrons. The Bertz CT molecular complexity index is 451. The van der Waals surface area contributed by atoms with Crippen LogP contribution >= 0.6 is 11.6 Å². The highest BCUT2D eigenvalue weighted by atomic mass is 35.5. The zero-order chi connectivity index (χ0) is 13.9. The zero-order valence-electron chi connectivity index (χ0n) is 10.6. The minimum Gasteiger partial charge on any atom is -0.396 e. The number of nitro benzene ring substituents is 1. The van der Waals surface area contributed by atoms with Crippen molar-refractivity contribution >= 4 is 23.0 Å². The van der Waals surface area contributed by atoms with Crippen molar-refractivity contribution in [2.45, 2.75) is 26.8 Å². The van der Waals surface area contributed by atoms with E-state index in [1.54, 1.807) is 13.0 Å². The van der Waals surface area contributed by atoms with Crippen LogP contribution in [0, 0.1) is 23.0 Å². The smallest absolute Gasteiger partial charge is 0.288 e. The summed E-state index contributed by atoms with van der Waals surface area (Å²) in [6.45, 7) is 5.71. The first-order valence-corrected chi connectivity index (χ1v) is 6.06. The summed E-state index contributed by atoms with van der Waals surface area (Å²) >= 11 is 5.86. The standard InChI is InChI=1S/C12H17ClN2O3/c1-7-4-12(15(17)18)10(13)5-11(7)14-9(3)8(2)6-16/h4-5,8-9,14,16H,6H2,1-3H3. The number of nitrogens with one attached hydrogen (secondary N) is 1. The van der Waals surface area contributed by atoms with Gasteiger partial charge in [-0.25, -0.2) is 0 Å². The second-order valence-electron chi connectivity index (χ2n) is 4.47. The summed E-state index contributed by atoms with van der Waals surface area (Å²) in [6.07, 6.45) is 0. The number of anilines is 1. The molecule has 0 heterocycles. The molecule has 0 radical (unpaired) electrons. The molecule has 2 unspecified atom stereocenters. The fraction of sp³-hybridized carbons (Fsp3) is 0.500. The van der Waals surface area contributed by atoms with Gasteiger partial charge >= 0.3 is 0 Å².